The summed E-state index contributed by atoms with van der Waals surface area (Å²) in [4.78, 5) is 20.1. The fraction of sp³-hybridized carbons (Fsp3) is 0.0385. The number of rotatable bonds is 6. The Kier molecular flexibility index (Phi) is 5.74. The molecule has 0 saturated heterocycles. The SMILES string of the molecule is O=C(N/N=C/c1cccc(OCc2ccc(Cl)cc2)c1)c1cc2c(cn1)[nH]c1ccccc12. The van der Waals surface area contributed by atoms with Gasteiger partial charge >= 0.3 is 0 Å². The molecule has 1 amide bonds. The van der Waals surface area contributed by atoms with Gasteiger partial charge in [0.25, 0.3) is 5.91 Å². The number of pyridine rings is 1. The molecule has 0 radical (unpaired) electrons. The Hall–Kier alpha value is -4.16. The van der Waals surface area contributed by atoms with Gasteiger partial charge in [-0.15, -0.1) is 0 Å². The molecule has 162 valence electrons. The predicted octanol–water partition coefficient (Wildman–Crippen LogP) is 5.71. The number of hydrogen-bond acceptors (Lipinski definition) is 4. The summed E-state index contributed by atoms with van der Waals surface area (Å²) >= 11 is 5.91. The van der Waals surface area contributed by atoms with E-state index in [-0.39, 0.29) is 5.91 Å². The Morgan fingerprint density at radius 2 is 1.85 bits per heavy atom. The molecule has 0 aliphatic carbocycles. The maximum atomic E-state index is 12.6. The van der Waals surface area contributed by atoms with Gasteiger partial charge in [-0.2, -0.15) is 5.10 Å². The molecule has 0 bridgehead atoms. The molecule has 0 fully saturated rings. The number of benzene rings is 3. The quantitative estimate of drug-likeness (QED) is 0.254. The van der Waals surface area contributed by atoms with Crippen molar-refractivity contribution in [3.63, 3.8) is 0 Å². The van der Waals surface area contributed by atoms with Crippen molar-refractivity contribution in [1.29, 1.82) is 0 Å². The maximum absolute atomic E-state index is 12.6. The van der Waals surface area contributed by atoms with Crippen molar-refractivity contribution in [3.05, 3.63) is 107 Å². The van der Waals surface area contributed by atoms with Crippen LogP contribution in [0.2, 0.25) is 5.02 Å². The first kappa shape index (κ1) is 20.7. The number of halogens is 1. The second-order valence-corrected chi connectivity index (χ2v) is 7.91. The van der Waals surface area contributed by atoms with Crippen LogP contribution in [-0.2, 0) is 6.61 Å². The first-order valence-electron chi connectivity index (χ1n) is 10.3. The fourth-order valence-electron chi connectivity index (χ4n) is 3.53. The fourth-order valence-corrected chi connectivity index (χ4v) is 3.65. The van der Waals surface area contributed by atoms with Crippen LogP contribution in [0, 0.1) is 0 Å². The van der Waals surface area contributed by atoms with Gasteiger partial charge in [0.2, 0.25) is 0 Å². The molecular weight excluding hydrogens is 436 g/mol. The van der Waals surface area contributed by atoms with E-state index in [0.29, 0.717) is 23.1 Å². The van der Waals surface area contributed by atoms with E-state index in [0.717, 1.165) is 32.9 Å². The minimum atomic E-state index is -0.381. The number of nitrogens with one attached hydrogen (secondary N) is 2. The van der Waals surface area contributed by atoms with Gasteiger partial charge in [0.15, 0.2) is 0 Å². The number of para-hydroxylation sites is 1. The lowest BCUT2D eigenvalue weighted by atomic mass is 10.1. The second kappa shape index (κ2) is 9.14. The minimum Gasteiger partial charge on any atom is -0.489 e. The molecule has 0 atom stereocenters. The average Bonchev–Trinajstić information content (AvgIpc) is 3.22. The van der Waals surface area contributed by atoms with Gasteiger partial charge in [-0.1, -0.05) is 54.1 Å². The van der Waals surface area contributed by atoms with Gasteiger partial charge in [-0.05, 0) is 47.5 Å². The summed E-state index contributed by atoms with van der Waals surface area (Å²) in [6.45, 7) is 0.427. The first-order chi connectivity index (χ1) is 16.2. The summed E-state index contributed by atoms with van der Waals surface area (Å²) in [6, 6.07) is 24.7. The summed E-state index contributed by atoms with van der Waals surface area (Å²) in [7, 11) is 0. The predicted molar refractivity (Wildman–Crippen MR) is 131 cm³/mol. The summed E-state index contributed by atoms with van der Waals surface area (Å²) < 4.78 is 5.83. The zero-order valence-corrected chi connectivity index (χ0v) is 18.2. The highest BCUT2D eigenvalue weighted by atomic mass is 35.5. The first-order valence-corrected chi connectivity index (χ1v) is 10.7. The smallest absolute Gasteiger partial charge is 0.289 e. The highest BCUT2D eigenvalue weighted by Crippen LogP contribution is 2.25. The van der Waals surface area contributed by atoms with Gasteiger partial charge in [-0.25, -0.2) is 10.4 Å². The Morgan fingerprint density at radius 3 is 2.73 bits per heavy atom. The summed E-state index contributed by atoms with van der Waals surface area (Å²) in [6.07, 6.45) is 3.23. The molecule has 5 rings (SSSR count). The van der Waals surface area contributed by atoms with Gasteiger partial charge in [-0.3, -0.25) is 4.79 Å². The van der Waals surface area contributed by atoms with E-state index in [4.69, 9.17) is 16.3 Å². The molecule has 0 spiro atoms. The van der Waals surface area contributed by atoms with Crippen LogP contribution in [0.4, 0.5) is 0 Å². The van der Waals surface area contributed by atoms with Crippen molar-refractivity contribution in [2.24, 2.45) is 5.10 Å². The van der Waals surface area contributed by atoms with Gasteiger partial charge < -0.3 is 9.72 Å². The number of hydrazone groups is 1. The van der Waals surface area contributed by atoms with Crippen LogP contribution < -0.4 is 10.2 Å². The summed E-state index contributed by atoms with van der Waals surface area (Å²) in [5, 5.41) is 6.75. The van der Waals surface area contributed by atoms with E-state index >= 15 is 0 Å². The number of H-pyrrole nitrogens is 1. The molecule has 2 N–H and O–H groups in total. The molecular formula is C26H19ClN4O2. The van der Waals surface area contributed by atoms with Crippen molar-refractivity contribution in [2.75, 3.05) is 0 Å². The Morgan fingerprint density at radius 1 is 1.00 bits per heavy atom. The largest absolute Gasteiger partial charge is 0.489 e. The van der Waals surface area contributed by atoms with Crippen LogP contribution in [0.15, 0.2) is 90.2 Å². The van der Waals surface area contributed by atoms with Crippen LogP contribution in [-0.4, -0.2) is 22.1 Å². The molecule has 2 aromatic heterocycles. The lowest BCUT2D eigenvalue weighted by Gasteiger charge is -2.07. The summed E-state index contributed by atoms with van der Waals surface area (Å²) in [5.41, 5.74) is 6.53. The van der Waals surface area contributed by atoms with Crippen LogP contribution in [0.25, 0.3) is 21.8 Å². The number of fused-ring (bicyclic) bond motifs is 3. The highest BCUT2D eigenvalue weighted by Gasteiger charge is 2.10. The molecule has 2 heterocycles. The van der Waals surface area contributed by atoms with Gasteiger partial charge in [0, 0.05) is 21.3 Å². The topological polar surface area (TPSA) is 79.4 Å². The molecule has 6 nitrogen and oxygen atoms in total. The number of aromatic amines is 1. The van der Waals surface area contributed by atoms with E-state index in [1.54, 1.807) is 18.5 Å². The molecule has 33 heavy (non-hydrogen) atoms. The minimum absolute atomic E-state index is 0.296. The monoisotopic (exact) mass is 454 g/mol. The van der Waals surface area contributed by atoms with Crippen molar-refractivity contribution in [1.82, 2.24) is 15.4 Å². The van der Waals surface area contributed by atoms with Crippen LogP contribution in [0.1, 0.15) is 21.6 Å². The number of amides is 1. The zero-order chi connectivity index (χ0) is 22.6. The normalized spacial score (nSPS) is 11.3. The number of ether oxygens (including phenoxy) is 1. The lowest BCUT2D eigenvalue weighted by molar-refractivity contribution is 0.0950. The van der Waals surface area contributed by atoms with Gasteiger partial charge in [0.05, 0.1) is 17.9 Å². The van der Waals surface area contributed by atoms with E-state index < -0.39 is 0 Å². The maximum Gasteiger partial charge on any atom is 0.289 e. The molecule has 0 unspecified atom stereocenters. The second-order valence-electron chi connectivity index (χ2n) is 7.47. The standard InChI is InChI=1S/C26H19ClN4O2/c27-19-10-8-17(9-11-19)16-33-20-5-3-4-18(12-20)14-29-31-26(32)24-13-22-21-6-1-2-7-23(21)30-25(22)15-28-24/h1-15,30H,16H2,(H,31,32)/b29-14+. The molecule has 5 aromatic rings. The highest BCUT2D eigenvalue weighted by molar-refractivity contribution is 6.30. The third-order valence-corrected chi connectivity index (χ3v) is 5.43. The van der Waals surface area contributed by atoms with Crippen LogP contribution in [0.3, 0.4) is 0 Å². The number of carbonyl (C=O) groups excluding carboxylic acids is 1. The van der Waals surface area contributed by atoms with E-state index in [1.807, 2.05) is 72.8 Å². The number of carbonyl (C=O) groups is 1. The van der Waals surface area contributed by atoms with Crippen molar-refractivity contribution in [3.8, 4) is 5.75 Å². The van der Waals surface area contributed by atoms with Crippen molar-refractivity contribution in [2.45, 2.75) is 6.61 Å². The Bertz CT molecular complexity index is 1480. The van der Waals surface area contributed by atoms with E-state index in [1.165, 1.54) is 0 Å². The zero-order valence-electron chi connectivity index (χ0n) is 17.5. The van der Waals surface area contributed by atoms with Crippen molar-refractivity contribution < 1.29 is 9.53 Å². The molecule has 0 aliphatic rings. The Labute approximate surface area is 194 Å². The molecule has 0 aliphatic heterocycles. The van der Waals surface area contributed by atoms with Crippen LogP contribution in [0.5, 0.6) is 5.75 Å². The van der Waals surface area contributed by atoms with Gasteiger partial charge in [0.1, 0.15) is 18.1 Å². The number of aromatic nitrogens is 2. The molecule has 0 saturated carbocycles. The van der Waals surface area contributed by atoms with Crippen LogP contribution >= 0.6 is 11.6 Å². The van der Waals surface area contributed by atoms with E-state index in [9.17, 15) is 4.79 Å². The van der Waals surface area contributed by atoms with Crippen molar-refractivity contribution >= 4 is 45.5 Å². The Balaban J connectivity index is 1.24. The molecule has 7 heteroatoms. The average molecular weight is 455 g/mol. The lowest BCUT2D eigenvalue weighted by Crippen LogP contribution is -2.18. The number of hydrogen-bond donors (Lipinski definition) is 2. The van der Waals surface area contributed by atoms with E-state index in [2.05, 4.69) is 20.5 Å². The third kappa shape index (κ3) is 4.71. The number of nitrogens with zero attached hydrogens (tertiary/aromatic N) is 2. The third-order valence-electron chi connectivity index (χ3n) is 5.18. The summed E-state index contributed by atoms with van der Waals surface area (Å²) in [5.74, 6) is 0.320. The molecule has 3 aromatic carbocycles.